The minimum atomic E-state index is -0.223. The number of hydrogen-bond acceptors (Lipinski definition) is 5. The van der Waals surface area contributed by atoms with Gasteiger partial charge in [0, 0.05) is 23.4 Å². The van der Waals surface area contributed by atoms with Gasteiger partial charge in [-0.2, -0.15) is 0 Å². The fourth-order valence-electron chi connectivity index (χ4n) is 2.91. The van der Waals surface area contributed by atoms with Gasteiger partial charge in [-0.25, -0.2) is 0 Å². The molecule has 9 heteroatoms. The number of thioether (sulfide) groups is 1. The maximum absolute atomic E-state index is 12.4. The van der Waals surface area contributed by atoms with Crippen LogP contribution in [0.2, 0.25) is 5.02 Å². The van der Waals surface area contributed by atoms with E-state index in [-0.39, 0.29) is 24.0 Å². The van der Waals surface area contributed by atoms with Crippen LogP contribution in [0.3, 0.4) is 0 Å². The largest absolute Gasteiger partial charge is 0.326 e. The zero-order valence-corrected chi connectivity index (χ0v) is 19.4. The Balaban J connectivity index is 1.55. The number of rotatable bonds is 7. The van der Waals surface area contributed by atoms with Gasteiger partial charge in [-0.05, 0) is 50.1 Å². The number of carbonyl (C=O) groups excluding carboxylic acids is 2. The highest BCUT2D eigenvalue weighted by atomic mass is 35.5. The molecule has 7 nitrogen and oxygen atoms in total. The average molecular weight is 458 g/mol. The minimum absolute atomic E-state index is 0.0598. The third kappa shape index (κ3) is 6.08. The Morgan fingerprint density at radius 2 is 1.77 bits per heavy atom. The molecule has 0 radical (unpaired) electrons. The summed E-state index contributed by atoms with van der Waals surface area (Å²) in [5.74, 6) is 0.343. The van der Waals surface area contributed by atoms with E-state index in [1.165, 1.54) is 11.8 Å². The minimum Gasteiger partial charge on any atom is -0.326 e. The van der Waals surface area contributed by atoms with Crippen molar-refractivity contribution in [2.75, 3.05) is 16.4 Å². The molecule has 2 aromatic carbocycles. The lowest BCUT2D eigenvalue weighted by Gasteiger charge is -2.09. The molecular formula is C22H24ClN5O2S. The predicted octanol–water partition coefficient (Wildman–Crippen LogP) is 4.31. The lowest BCUT2D eigenvalue weighted by Crippen LogP contribution is -2.17. The number of hydrogen-bond donors (Lipinski definition) is 2. The van der Waals surface area contributed by atoms with Crippen molar-refractivity contribution < 1.29 is 9.59 Å². The van der Waals surface area contributed by atoms with Crippen LogP contribution in [0, 0.1) is 20.8 Å². The first-order chi connectivity index (χ1) is 14.7. The van der Waals surface area contributed by atoms with E-state index in [9.17, 15) is 9.59 Å². The number of nitrogens with zero attached hydrogens (tertiary/aromatic N) is 3. The number of amides is 2. The Labute approximate surface area is 190 Å². The van der Waals surface area contributed by atoms with Gasteiger partial charge >= 0.3 is 0 Å². The van der Waals surface area contributed by atoms with Crippen molar-refractivity contribution in [3.05, 3.63) is 63.9 Å². The fourth-order valence-corrected chi connectivity index (χ4v) is 3.82. The molecule has 0 spiro atoms. The van der Waals surface area contributed by atoms with Crippen LogP contribution in [0.1, 0.15) is 22.5 Å². The monoisotopic (exact) mass is 457 g/mol. The van der Waals surface area contributed by atoms with Crippen LogP contribution in [-0.4, -0.2) is 32.3 Å². The second kappa shape index (κ2) is 9.98. The number of benzene rings is 2. The number of carbonyl (C=O) groups is 2. The number of anilines is 2. The van der Waals surface area contributed by atoms with Crippen LogP contribution in [0.4, 0.5) is 11.4 Å². The van der Waals surface area contributed by atoms with Crippen LogP contribution in [-0.2, 0) is 23.1 Å². The van der Waals surface area contributed by atoms with Crippen LogP contribution in [0.25, 0.3) is 0 Å². The lowest BCUT2D eigenvalue weighted by molar-refractivity contribution is -0.116. The molecule has 2 N–H and O–H groups in total. The van der Waals surface area contributed by atoms with E-state index < -0.39 is 0 Å². The molecule has 31 heavy (non-hydrogen) atoms. The summed E-state index contributed by atoms with van der Waals surface area (Å²) in [7, 11) is 1.77. The summed E-state index contributed by atoms with van der Waals surface area (Å²) in [6.07, 6.45) is 0.0598. The normalized spacial score (nSPS) is 10.7. The summed E-state index contributed by atoms with van der Waals surface area (Å²) in [6.45, 7) is 5.87. The Kier molecular flexibility index (Phi) is 7.35. The van der Waals surface area contributed by atoms with Gasteiger partial charge in [-0.3, -0.25) is 9.59 Å². The summed E-state index contributed by atoms with van der Waals surface area (Å²) in [6, 6.07) is 11.2. The van der Waals surface area contributed by atoms with Gasteiger partial charge in [0.05, 0.1) is 12.2 Å². The number of aryl methyl sites for hydroxylation is 3. The van der Waals surface area contributed by atoms with Crippen molar-refractivity contribution in [2.45, 2.75) is 32.3 Å². The summed E-state index contributed by atoms with van der Waals surface area (Å²) in [4.78, 5) is 24.7. The summed E-state index contributed by atoms with van der Waals surface area (Å²) >= 11 is 7.37. The Hall–Kier alpha value is -2.84. The van der Waals surface area contributed by atoms with Gasteiger partial charge in [-0.15, -0.1) is 10.2 Å². The molecule has 2 amide bonds. The van der Waals surface area contributed by atoms with Crippen molar-refractivity contribution in [3.63, 3.8) is 0 Å². The molecule has 0 aliphatic heterocycles. The Bertz CT molecular complexity index is 1130. The molecule has 0 atom stereocenters. The number of halogens is 1. The second-order valence-electron chi connectivity index (χ2n) is 7.30. The molecule has 0 aliphatic rings. The van der Waals surface area contributed by atoms with Crippen molar-refractivity contribution >= 4 is 46.6 Å². The van der Waals surface area contributed by atoms with E-state index >= 15 is 0 Å². The highest BCUT2D eigenvalue weighted by Gasteiger charge is 2.15. The number of aromatic nitrogens is 3. The molecule has 0 saturated carbocycles. The SMILES string of the molecule is Cc1ccc(NC(=O)CSc2nnc(CC(=O)Nc3ccc(C)c(Cl)c3)n2C)c(C)c1. The Morgan fingerprint density at radius 1 is 1.00 bits per heavy atom. The lowest BCUT2D eigenvalue weighted by atomic mass is 10.1. The van der Waals surface area contributed by atoms with Gasteiger partial charge in [0.2, 0.25) is 11.8 Å². The van der Waals surface area contributed by atoms with Gasteiger partial charge in [0.25, 0.3) is 0 Å². The molecule has 3 aromatic rings. The quantitative estimate of drug-likeness (QED) is 0.516. The van der Waals surface area contributed by atoms with E-state index in [1.54, 1.807) is 23.7 Å². The molecule has 0 fully saturated rings. The smallest absolute Gasteiger partial charge is 0.234 e. The van der Waals surface area contributed by atoms with E-state index in [2.05, 4.69) is 20.8 Å². The maximum atomic E-state index is 12.4. The topological polar surface area (TPSA) is 88.9 Å². The van der Waals surface area contributed by atoms with Crippen LogP contribution in [0.5, 0.6) is 0 Å². The molecule has 1 heterocycles. The van der Waals surface area contributed by atoms with Crippen LogP contribution < -0.4 is 10.6 Å². The molecule has 0 bridgehead atoms. The third-order valence-corrected chi connectivity index (χ3v) is 6.12. The molecule has 162 valence electrons. The maximum Gasteiger partial charge on any atom is 0.234 e. The summed E-state index contributed by atoms with van der Waals surface area (Å²) in [5, 5.41) is 15.1. The first-order valence-corrected chi connectivity index (χ1v) is 11.0. The molecule has 1 aromatic heterocycles. The third-order valence-electron chi connectivity index (χ3n) is 4.69. The predicted molar refractivity (Wildman–Crippen MR) is 125 cm³/mol. The van der Waals surface area contributed by atoms with Gasteiger partial charge in [-0.1, -0.05) is 47.1 Å². The number of nitrogens with one attached hydrogen (secondary N) is 2. The van der Waals surface area contributed by atoms with E-state index in [4.69, 9.17) is 11.6 Å². The van der Waals surface area contributed by atoms with Crippen molar-refractivity contribution in [2.24, 2.45) is 7.05 Å². The molecule has 0 aliphatic carbocycles. The highest BCUT2D eigenvalue weighted by molar-refractivity contribution is 7.99. The zero-order valence-electron chi connectivity index (χ0n) is 17.8. The van der Waals surface area contributed by atoms with E-state index in [0.29, 0.717) is 21.7 Å². The molecule has 3 rings (SSSR count). The van der Waals surface area contributed by atoms with E-state index in [1.807, 2.05) is 45.0 Å². The van der Waals surface area contributed by atoms with Gasteiger partial charge < -0.3 is 15.2 Å². The summed E-state index contributed by atoms with van der Waals surface area (Å²) < 4.78 is 1.72. The second-order valence-corrected chi connectivity index (χ2v) is 8.65. The summed E-state index contributed by atoms with van der Waals surface area (Å²) in [5.41, 5.74) is 4.52. The van der Waals surface area contributed by atoms with Crippen molar-refractivity contribution in [1.29, 1.82) is 0 Å². The van der Waals surface area contributed by atoms with E-state index in [0.717, 1.165) is 22.4 Å². The standard InChI is InChI=1S/C22H24ClN5O2S/c1-13-5-8-18(15(3)9-13)25-21(30)12-31-22-27-26-19(28(22)4)11-20(29)24-16-7-6-14(2)17(23)10-16/h5-10H,11-12H2,1-4H3,(H,24,29)(H,25,30). The molecular weight excluding hydrogens is 434 g/mol. The van der Waals surface area contributed by atoms with Crippen LogP contribution in [0.15, 0.2) is 41.6 Å². The van der Waals surface area contributed by atoms with Crippen LogP contribution >= 0.6 is 23.4 Å². The highest BCUT2D eigenvalue weighted by Crippen LogP contribution is 2.21. The van der Waals surface area contributed by atoms with Gasteiger partial charge in [0.1, 0.15) is 5.82 Å². The zero-order chi connectivity index (χ0) is 22.5. The van der Waals surface area contributed by atoms with Gasteiger partial charge in [0.15, 0.2) is 5.16 Å². The van der Waals surface area contributed by atoms with Crippen molar-refractivity contribution in [1.82, 2.24) is 14.8 Å². The Morgan fingerprint density at radius 3 is 2.48 bits per heavy atom. The first kappa shape index (κ1) is 22.8. The molecule has 0 saturated heterocycles. The molecule has 0 unspecified atom stereocenters. The van der Waals surface area contributed by atoms with Crippen molar-refractivity contribution in [3.8, 4) is 0 Å². The average Bonchev–Trinajstić information content (AvgIpc) is 3.05. The fraction of sp³-hybridized carbons (Fsp3) is 0.273. The first-order valence-electron chi connectivity index (χ1n) is 9.67.